The molecule has 276 valence electrons. The Morgan fingerprint density at radius 3 is 2.34 bits per heavy atom. The van der Waals surface area contributed by atoms with Crippen molar-refractivity contribution in [3.05, 3.63) is 113 Å². The van der Waals surface area contributed by atoms with Crippen LogP contribution in [0.1, 0.15) is 55.4 Å². The maximum absolute atomic E-state index is 14.2. The van der Waals surface area contributed by atoms with Gasteiger partial charge in [-0.15, -0.1) is 0 Å². The summed E-state index contributed by atoms with van der Waals surface area (Å²) in [5.41, 5.74) is 0.773. The number of thiazole rings is 1. The molecule has 1 aliphatic carbocycles. The zero-order chi connectivity index (χ0) is 38.2. The highest BCUT2D eigenvalue weighted by Crippen LogP contribution is 2.60. The van der Waals surface area contributed by atoms with Crippen molar-refractivity contribution in [2.75, 3.05) is 20.8 Å². The lowest BCUT2D eigenvalue weighted by molar-refractivity contribution is -0.139. The number of hydrogen-bond acceptors (Lipinski definition) is 12. The van der Waals surface area contributed by atoms with Crippen molar-refractivity contribution in [2.24, 2.45) is 22.2 Å². The van der Waals surface area contributed by atoms with Crippen LogP contribution in [0.25, 0.3) is 6.08 Å². The Kier molecular flexibility index (Phi) is 10.7. The molecule has 1 aliphatic heterocycles. The molecule has 3 heterocycles. The zero-order valence-corrected chi connectivity index (χ0v) is 31.8. The van der Waals surface area contributed by atoms with Crippen LogP contribution >= 0.6 is 34.5 Å². The highest BCUT2D eigenvalue weighted by atomic mass is 35.5. The van der Waals surface area contributed by atoms with Crippen LogP contribution in [0.15, 0.2) is 90.8 Å². The largest absolute Gasteiger partial charge is 0.493 e. The summed E-state index contributed by atoms with van der Waals surface area (Å²) in [6.45, 7) is 7.32. The van der Waals surface area contributed by atoms with Crippen molar-refractivity contribution in [3.8, 4) is 23.0 Å². The Morgan fingerprint density at radius 2 is 1.68 bits per heavy atom. The number of benzene rings is 2. The topological polar surface area (TPSA) is 145 Å². The van der Waals surface area contributed by atoms with E-state index in [-0.39, 0.29) is 56.8 Å². The number of hydrogen-bond donors (Lipinski definition) is 0. The number of methoxy groups -OCH3 is 2. The van der Waals surface area contributed by atoms with Crippen LogP contribution < -0.4 is 33.8 Å². The van der Waals surface area contributed by atoms with Crippen molar-refractivity contribution in [3.63, 3.8) is 0 Å². The predicted octanol–water partition coefficient (Wildman–Crippen LogP) is 6.12. The molecule has 2 aromatic heterocycles. The first kappa shape index (κ1) is 37.6. The number of furan rings is 1. The Balaban J connectivity index is 1.36. The number of nitrogens with zero attached hydrogens (tertiary/aromatic N) is 2. The van der Waals surface area contributed by atoms with Crippen LogP contribution in [0.5, 0.6) is 23.0 Å². The summed E-state index contributed by atoms with van der Waals surface area (Å²) in [6, 6.07) is 11.7. The molecule has 0 N–H and O–H groups in total. The predicted molar refractivity (Wildman–Crippen MR) is 196 cm³/mol. The molecule has 0 spiro atoms. The number of fused-ring (bicyclic) bond motifs is 1. The summed E-state index contributed by atoms with van der Waals surface area (Å²) in [5.74, 6) is -1.66. The van der Waals surface area contributed by atoms with E-state index in [2.05, 4.69) is 4.99 Å². The number of rotatable bonds is 11. The maximum atomic E-state index is 14.2. The fourth-order valence-corrected chi connectivity index (χ4v) is 7.66. The molecule has 12 nitrogen and oxygen atoms in total. The number of carbonyl (C=O) groups excluding carboxylic acids is 3. The van der Waals surface area contributed by atoms with Gasteiger partial charge in [0, 0.05) is 0 Å². The maximum Gasteiger partial charge on any atom is 0.379 e. The summed E-state index contributed by atoms with van der Waals surface area (Å²) in [5, 5.41) is 0. The van der Waals surface area contributed by atoms with E-state index in [9.17, 15) is 19.2 Å². The molecule has 53 heavy (non-hydrogen) atoms. The molecular weight excluding hydrogens is 747 g/mol. The van der Waals surface area contributed by atoms with Crippen LogP contribution in [-0.4, -0.2) is 43.3 Å². The molecule has 2 aliphatic rings. The molecule has 2 aromatic carbocycles. The van der Waals surface area contributed by atoms with E-state index in [1.54, 1.807) is 62.4 Å². The van der Waals surface area contributed by atoms with E-state index in [4.69, 9.17) is 51.3 Å². The van der Waals surface area contributed by atoms with Crippen molar-refractivity contribution in [2.45, 2.75) is 33.7 Å². The van der Waals surface area contributed by atoms with Gasteiger partial charge < -0.3 is 28.1 Å². The van der Waals surface area contributed by atoms with Crippen LogP contribution in [0.4, 0.5) is 0 Å². The summed E-state index contributed by atoms with van der Waals surface area (Å²) < 4.78 is 34.7. The average Bonchev–Trinajstić information content (AvgIpc) is 3.47. The summed E-state index contributed by atoms with van der Waals surface area (Å²) in [6.07, 6.45) is 4.65. The third kappa shape index (κ3) is 7.41. The van der Waals surface area contributed by atoms with E-state index < -0.39 is 35.4 Å². The van der Waals surface area contributed by atoms with E-state index >= 15 is 0 Å². The lowest BCUT2D eigenvalue weighted by Gasteiger charge is -2.25. The molecule has 3 atom stereocenters. The molecule has 0 saturated heterocycles. The van der Waals surface area contributed by atoms with Gasteiger partial charge in [-0.1, -0.05) is 60.5 Å². The van der Waals surface area contributed by atoms with Crippen molar-refractivity contribution in [1.82, 2.24) is 4.57 Å². The fourth-order valence-electron chi connectivity index (χ4n) is 6.35. The Morgan fingerprint density at radius 1 is 0.981 bits per heavy atom. The SMILES string of the molecule is CCOC(=O)C1=C(C)N=c2s/c(=C\c3ccc(OC(=O)[C@@H]4[C@H](C=C(Cl)Cl)C4(C)C)c(OC)c3)c(=O)n2[C@H]1c1ccc(OC(=O)c2ccco2)c(OC)c1. The van der Waals surface area contributed by atoms with E-state index in [0.29, 0.717) is 26.2 Å². The minimum absolute atomic E-state index is 0.00153. The Hall–Kier alpha value is -5.11. The lowest BCUT2D eigenvalue weighted by atomic mass is 9.95. The average molecular weight is 782 g/mol. The van der Waals surface area contributed by atoms with Crippen molar-refractivity contribution < 1.29 is 42.5 Å². The molecule has 0 bridgehead atoms. The van der Waals surface area contributed by atoms with Gasteiger partial charge in [0.2, 0.25) is 5.76 Å². The minimum Gasteiger partial charge on any atom is -0.493 e. The van der Waals surface area contributed by atoms with E-state index in [0.717, 1.165) is 11.3 Å². The molecule has 15 heteroatoms. The molecule has 0 radical (unpaired) electrons. The van der Waals surface area contributed by atoms with Gasteiger partial charge in [-0.3, -0.25) is 14.2 Å². The normalized spacial score (nSPS) is 18.7. The molecule has 1 saturated carbocycles. The number of aromatic nitrogens is 1. The summed E-state index contributed by atoms with van der Waals surface area (Å²) >= 11 is 12.8. The Labute approximate surface area is 317 Å². The van der Waals surface area contributed by atoms with E-state index in [1.165, 1.54) is 37.2 Å². The third-order valence-corrected chi connectivity index (χ3v) is 10.3. The lowest BCUT2D eigenvalue weighted by Crippen LogP contribution is -2.40. The van der Waals surface area contributed by atoms with Crippen molar-refractivity contribution in [1.29, 1.82) is 0 Å². The fraction of sp³-hybridized carbons (Fsp3) is 0.289. The van der Waals surface area contributed by atoms with Gasteiger partial charge in [0.15, 0.2) is 27.8 Å². The number of ether oxygens (including phenoxy) is 5. The monoisotopic (exact) mass is 780 g/mol. The van der Waals surface area contributed by atoms with Gasteiger partial charge >= 0.3 is 17.9 Å². The summed E-state index contributed by atoms with van der Waals surface area (Å²) in [4.78, 5) is 58.3. The minimum atomic E-state index is -0.966. The van der Waals surface area contributed by atoms with Gasteiger partial charge in [0.05, 0.1) is 54.9 Å². The van der Waals surface area contributed by atoms with Crippen LogP contribution in [0.2, 0.25) is 0 Å². The highest BCUT2D eigenvalue weighted by molar-refractivity contribution is 7.07. The molecular formula is C38H34Cl2N2O10S. The summed E-state index contributed by atoms with van der Waals surface area (Å²) in [7, 11) is 2.85. The van der Waals surface area contributed by atoms with Crippen LogP contribution in [-0.2, 0) is 14.3 Å². The Bertz CT molecular complexity index is 2350. The molecule has 0 unspecified atom stereocenters. The highest BCUT2D eigenvalue weighted by Gasteiger charge is 2.61. The van der Waals surface area contributed by atoms with Gasteiger partial charge in [0.1, 0.15) is 4.49 Å². The quantitative estimate of drug-likeness (QED) is 0.129. The molecule has 4 aromatic rings. The van der Waals surface area contributed by atoms with Crippen molar-refractivity contribution >= 4 is 58.5 Å². The van der Waals surface area contributed by atoms with Gasteiger partial charge in [-0.25, -0.2) is 14.6 Å². The molecule has 1 fully saturated rings. The number of carbonyl (C=O) groups is 3. The van der Waals surface area contributed by atoms with Gasteiger partial charge in [0.25, 0.3) is 5.56 Å². The first-order chi connectivity index (χ1) is 25.3. The second-order valence-electron chi connectivity index (χ2n) is 12.7. The molecule has 6 rings (SSSR count). The second kappa shape index (κ2) is 15.1. The van der Waals surface area contributed by atoms with Gasteiger partial charge in [-0.2, -0.15) is 0 Å². The number of esters is 3. The van der Waals surface area contributed by atoms with Crippen LogP contribution in [0, 0.1) is 17.3 Å². The van der Waals surface area contributed by atoms with Gasteiger partial charge in [-0.05, 0) is 84.9 Å². The smallest absolute Gasteiger partial charge is 0.379 e. The second-order valence-corrected chi connectivity index (χ2v) is 14.7. The standard InChI is InChI=1S/C38H34Cl2N2O10S/c1-7-49-35(45)30-19(2)41-37-42(32(30)21-11-13-24(27(17-21)48-6)51-34(44)25-9-8-14-50-25)33(43)28(53-37)16-20-10-12-23(26(15-20)47-5)52-36(46)31-22(18-29(39)40)38(31,3)4/h8-18,22,31-32H,7H2,1-6H3/b28-16-/t22-,31-,32-/m0/s1. The molecule has 0 amide bonds. The first-order valence-electron chi connectivity index (χ1n) is 16.3. The number of allylic oxidation sites excluding steroid dienone is 2. The zero-order valence-electron chi connectivity index (χ0n) is 29.4. The first-order valence-corrected chi connectivity index (χ1v) is 17.9. The number of halogens is 2. The van der Waals surface area contributed by atoms with Crippen LogP contribution in [0.3, 0.4) is 0 Å². The van der Waals surface area contributed by atoms with E-state index in [1.807, 2.05) is 13.8 Å². The third-order valence-electron chi connectivity index (χ3n) is 9.11.